The van der Waals surface area contributed by atoms with E-state index in [0.717, 1.165) is 15.7 Å². The molecule has 0 aliphatic heterocycles. The van der Waals surface area contributed by atoms with Gasteiger partial charge in [0.15, 0.2) is 0 Å². The summed E-state index contributed by atoms with van der Waals surface area (Å²) in [6, 6.07) is 5.51. The lowest BCUT2D eigenvalue weighted by atomic mass is 10.2. The monoisotopic (exact) mass is 322 g/mol. The Morgan fingerprint density at radius 2 is 2.05 bits per heavy atom. The van der Waals surface area contributed by atoms with Crippen LogP contribution in [0.1, 0.15) is 21.6 Å². The number of nitrogens with zero attached hydrogens (tertiary/aromatic N) is 2. The van der Waals surface area contributed by atoms with Crippen LogP contribution in [0.2, 0.25) is 0 Å². The standard InChI is InChI=1S/C13H11BrN2O3/c1-7-6-16(15-11(12(7)17)13(18)19)10-5-3-4-9(14)8(10)2/h3-6H,1-2H3,(H,18,19). The number of carbonyl (C=O) groups is 1. The summed E-state index contributed by atoms with van der Waals surface area (Å²) in [5, 5.41) is 12.9. The molecule has 0 aliphatic rings. The first kappa shape index (κ1) is 13.5. The summed E-state index contributed by atoms with van der Waals surface area (Å²) < 4.78 is 2.31. The summed E-state index contributed by atoms with van der Waals surface area (Å²) in [6.45, 7) is 3.45. The van der Waals surface area contributed by atoms with Crippen molar-refractivity contribution >= 4 is 21.9 Å². The number of aryl methyl sites for hydroxylation is 1. The fourth-order valence-corrected chi connectivity index (χ4v) is 2.07. The third-order valence-corrected chi connectivity index (χ3v) is 3.64. The van der Waals surface area contributed by atoms with E-state index < -0.39 is 17.1 Å². The van der Waals surface area contributed by atoms with E-state index in [2.05, 4.69) is 21.0 Å². The number of rotatable bonds is 2. The summed E-state index contributed by atoms with van der Waals surface area (Å²) in [4.78, 5) is 22.7. The minimum absolute atomic E-state index is 0.340. The Kier molecular flexibility index (Phi) is 3.53. The molecule has 0 spiro atoms. The Balaban J connectivity index is 2.74. The predicted octanol–water partition coefficient (Wildman–Crippen LogP) is 2.31. The molecular formula is C13H11BrN2O3. The fourth-order valence-electron chi connectivity index (χ4n) is 1.72. The van der Waals surface area contributed by atoms with Crippen molar-refractivity contribution < 1.29 is 9.90 Å². The van der Waals surface area contributed by atoms with Crippen LogP contribution in [0.4, 0.5) is 0 Å². The molecule has 98 valence electrons. The van der Waals surface area contributed by atoms with Crippen molar-refractivity contribution in [1.82, 2.24) is 9.78 Å². The summed E-state index contributed by atoms with van der Waals surface area (Å²) in [5.74, 6) is -1.32. The molecule has 0 atom stereocenters. The number of aromatic nitrogens is 2. The summed E-state index contributed by atoms with van der Waals surface area (Å²) in [5.41, 5.74) is 0.942. The highest BCUT2D eigenvalue weighted by molar-refractivity contribution is 9.10. The Morgan fingerprint density at radius 3 is 2.68 bits per heavy atom. The number of aromatic carboxylic acids is 1. The number of halogens is 1. The lowest BCUT2D eigenvalue weighted by Gasteiger charge is -2.11. The van der Waals surface area contributed by atoms with Crippen LogP contribution in [0.5, 0.6) is 0 Å². The van der Waals surface area contributed by atoms with Crippen LogP contribution in [0.25, 0.3) is 5.69 Å². The molecule has 0 aliphatic carbocycles. The van der Waals surface area contributed by atoms with Crippen LogP contribution in [0.15, 0.2) is 33.7 Å². The molecule has 0 fully saturated rings. The largest absolute Gasteiger partial charge is 0.476 e. The van der Waals surface area contributed by atoms with Gasteiger partial charge in [0.25, 0.3) is 0 Å². The SMILES string of the molecule is Cc1c(Br)cccc1-n1cc(C)c(=O)c(C(=O)O)n1. The van der Waals surface area contributed by atoms with Crippen molar-refractivity contribution in [2.75, 3.05) is 0 Å². The lowest BCUT2D eigenvalue weighted by molar-refractivity contribution is 0.0686. The number of hydrogen-bond donors (Lipinski definition) is 1. The molecule has 2 rings (SSSR count). The predicted molar refractivity (Wildman–Crippen MR) is 74.0 cm³/mol. The second-order valence-electron chi connectivity index (χ2n) is 4.12. The molecule has 1 aromatic carbocycles. The van der Waals surface area contributed by atoms with Gasteiger partial charge >= 0.3 is 5.97 Å². The van der Waals surface area contributed by atoms with E-state index in [-0.39, 0.29) is 0 Å². The molecule has 0 radical (unpaired) electrons. The minimum atomic E-state index is -1.32. The van der Waals surface area contributed by atoms with Gasteiger partial charge in [0.05, 0.1) is 5.69 Å². The second-order valence-corrected chi connectivity index (χ2v) is 4.98. The van der Waals surface area contributed by atoms with Gasteiger partial charge in [-0.2, -0.15) is 5.10 Å². The van der Waals surface area contributed by atoms with Gasteiger partial charge in [0.2, 0.25) is 11.1 Å². The molecule has 19 heavy (non-hydrogen) atoms. The van der Waals surface area contributed by atoms with E-state index in [4.69, 9.17) is 5.11 Å². The maximum Gasteiger partial charge on any atom is 0.360 e. The molecule has 0 saturated carbocycles. The van der Waals surface area contributed by atoms with Crippen molar-refractivity contribution in [3.05, 3.63) is 55.9 Å². The van der Waals surface area contributed by atoms with Crippen LogP contribution in [-0.4, -0.2) is 20.9 Å². The molecule has 0 saturated heterocycles. The zero-order chi connectivity index (χ0) is 14.2. The molecule has 1 heterocycles. The van der Waals surface area contributed by atoms with Crippen molar-refractivity contribution in [1.29, 1.82) is 0 Å². The van der Waals surface area contributed by atoms with Crippen LogP contribution < -0.4 is 5.43 Å². The van der Waals surface area contributed by atoms with Gasteiger partial charge in [-0.25, -0.2) is 9.48 Å². The molecule has 1 aromatic heterocycles. The maximum absolute atomic E-state index is 11.7. The molecule has 0 amide bonds. The van der Waals surface area contributed by atoms with E-state index in [1.165, 1.54) is 10.9 Å². The minimum Gasteiger partial charge on any atom is -0.476 e. The van der Waals surface area contributed by atoms with Crippen LogP contribution in [0, 0.1) is 13.8 Å². The molecule has 1 N–H and O–H groups in total. The normalized spacial score (nSPS) is 10.5. The number of carboxylic acids is 1. The van der Waals surface area contributed by atoms with Gasteiger partial charge in [-0.05, 0) is 31.5 Å². The molecule has 6 heteroatoms. The van der Waals surface area contributed by atoms with Gasteiger partial charge in [0.1, 0.15) is 0 Å². The van der Waals surface area contributed by atoms with Crippen LogP contribution in [-0.2, 0) is 0 Å². The smallest absolute Gasteiger partial charge is 0.360 e. The van der Waals surface area contributed by atoms with Crippen LogP contribution in [0.3, 0.4) is 0 Å². The molecule has 2 aromatic rings. The first-order valence-electron chi connectivity index (χ1n) is 5.51. The van der Waals surface area contributed by atoms with Crippen LogP contribution >= 0.6 is 15.9 Å². The second kappa shape index (κ2) is 4.97. The highest BCUT2D eigenvalue weighted by Gasteiger charge is 2.15. The summed E-state index contributed by atoms with van der Waals surface area (Å²) in [6.07, 6.45) is 1.53. The van der Waals surface area contributed by atoms with Gasteiger partial charge < -0.3 is 5.11 Å². The van der Waals surface area contributed by atoms with E-state index in [1.54, 1.807) is 6.92 Å². The zero-order valence-corrected chi connectivity index (χ0v) is 11.9. The quantitative estimate of drug-likeness (QED) is 0.920. The maximum atomic E-state index is 11.7. The lowest BCUT2D eigenvalue weighted by Crippen LogP contribution is -2.23. The number of carboxylic acid groups (broad SMARTS) is 1. The Labute approximate surface area is 117 Å². The number of hydrogen-bond acceptors (Lipinski definition) is 3. The summed E-state index contributed by atoms with van der Waals surface area (Å²) >= 11 is 3.40. The van der Waals surface area contributed by atoms with Crippen molar-refractivity contribution in [2.45, 2.75) is 13.8 Å². The average Bonchev–Trinajstić information content (AvgIpc) is 2.35. The molecule has 5 nitrogen and oxygen atoms in total. The fraction of sp³-hybridized carbons (Fsp3) is 0.154. The summed E-state index contributed by atoms with van der Waals surface area (Å²) in [7, 11) is 0. The van der Waals surface area contributed by atoms with Gasteiger partial charge in [0, 0.05) is 16.2 Å². The van der Waals surface area contributed by atoms with Crippen molar-refractivity contribution in [3.8, 4) is 5.69 Å². The molecule has 0 unspecified atom stereocenters. The Hall–Kier alpha value is -1.95. The van der Waals surface area contributed by atoms with E-state index in [0.29, 0.717) is 5.56 Å². The third kappa shape index (κ3) is 2.44. The van der Waals surface area contributed by atoms with E-state index in [1.807, 2.05) is 25.1 Å². The van der Waals surface area contributed by atoms with Gasteiger partial charge in [-0.15, -0.1) is 0 Å². The van der Waals surface area contributed by atoms with Crippen molar-refractivity contribution in [2.24, 2.45) is 0 Å². The Bertz CT molecular complexity index is 722. The van der Waals surface area contributed by atoms with Gasteiger partial charge in [-0.3, -0.25) is 4.79 Å². The topological polar surface area (TPSA) is 72.2 Å². The van der Waals surface area contributed by atoms with E-state index in [9.17, 15) is 9.59 Å². The van der Waals surface area contributed by atoms with E-state index >= 15 is 0 Å². The average molecular weight is 323 g/mol. The zero-order valence-electron chi connectivity index (χ0n) is 10.3. The van der Waals surface area contributed by atoms with Crippen molar-refractivity contribution in [3.63, 3.8) is 0 Å². The first-order valence-corrected chi connectivity index (χ1v) is 6.30. The van der Waals surface area contributed by atoms with Gasteiger partial charge in [-0.1, -0.05) is 22.0 Å². The molecule has 0 bridgehead atoms. The third-order valence-electron chi connectivity index (χ3n) is 2.79. The molecular weight excluding hydrogens is 312 g/mol. The highest BCUT2D eigenvalue weighted by atomic mass is 79.9. The highest BCUT2D eigenvalue weighted by Crippen LogP contribution is 2.21. The first-order chi connectivity index (χ1) is 8.91. The Morgan fingerprint density at radius 1 is 1.37 bits per heavy atom. The number of benzene rings is 1.